The van der Waals surface area contributed by atoms with Gasteiger partial charge in [-0.2, -0.15) is 0 Å². The second kappa shape index (κ2) is 9.09. The van der Waals surface area contributed by atoms with E-state index in [1.54, 1.807) is 0 Å². The highest BCUT2D eigenvalue weighted by molar-refractivity contribution is 6.07. The largest absolute Gasteiger partial charge is 0.379 e. The standard InChI is InChI=1S/C19H34N6O3/c1-4-20-17(21-13-14(2)24-9-11-28-12-10-24)25-7-5-15(6-8-25)19(3)16(26)22-18(27)23-19/h14-15H,4-13H2,1-3H3,(H,20,21)(H2,22,23,26,27). The van der Waals surface area contributed by atoms with Gasteiger partial charge >= 0.3 is 6.03 Å². The molecular formula is C19H34N6O3. The molecule has 3 N–H and O–H groups in total. The predicted octanol–water partition coefficient (Wildman–Crippen LogP) is -0.0173. The van der Waals surface area contributed by atoms with E-state index in [0.29, 0.717) is 6.04 Å². The van der Waals surface area contributed by atoms with E-state index in [1.165, 1.54) is 0 Å². The van der Waals surface area contributed by atoms with E-state index in [0.717, 1.165) is 71.3 Å². The molecule has 0 aliphatic carbocycles. The minimum absolute atomic E-state index is 0.130. The molecule has 2 atom stereocenters. The summed E-state index contributed by atoms with van der Waals surface area (Å²) < 4.78 is 5.43. The molecule has 0 aromatic heterocycles. The second-order valence-corrected chi connectivity index (χ2v) is 8.06. The van der Waals surface area contributed by atoms with Gasteiger partial charge in [0, 0.05) is 38.8 Å². The maximum atomic E-state index is 12.2. The number of hydrogen-bond acceptors (Lipinski definition) is 5. The number of nitrogens with one attached hydrogen (secondary N) is 3. The number of imide groups is 1. The maximum absolute atomic E-state index is 12.2. The third-order valence-electron chi connectivity index (χ3n) is 6.19. The van der Waals surface area contributed by atoms with Gasteiger partial charge in [-0.3, -0.25) is 20.0 Å². The summed E-state index contributed by atoms with van der Waals surface area (Å²) in [7, 11) is 0. The van der Waals surface area contributed by atoms with Crippen LogP contribution in [0.5, 0.6) is 0 Å². The molecule has 28 heavy (non-hydrogen) atoms. The molecule has 0 saturated carbocycles. The van der Waals surface area contributed by atoms with Gasteiger partial charge in [0.1, 0.15) is 5.54 Å². The van der Waals surface area contributed by atoms with Crippen molar-refractivity contribution in [1.29, 1.82) is 0 Å². The quantitative estimate of drug-likeness (QED) is 0.345. The molecule has 2 unspecified atom stereocenters. The Balaban J connectivity index is 1.56. The van der Waals surface area contributed by atoms with Crippen LogP contribution in [0.25, 0.3) is 0 Å². The summed E-state index contributed by atoms with van der Waals surface area (Å²) in [4.78, 5) is 33.3. The van der Waals surface area contributed by atoms with Gasteiger partial charge in [-0.05, 0) is 39.5 Å². The Morgan fingerprint density at radius 3 is 2.54 bits per heavy atom. The van der Waals surface area contributed by atoms with Gasteiger partial charge in [-0.15, -0.1) is 0 Å². The number of ether oxygens (including phenoxy) is 1. The molecule has 3 fully saturated rings. The van der Waals surface area contributed by atoms with Gasteiger partial charge in [0.25, 0.3) is 5.91 Å². The highest BCUT2D eigenvalue weighted by Crippen LogP contribution is 2.30. The van der Waals surface area contributed by atoms with Crippen molar-refractivity contribution in [3.05, 3.63) is 0 Å². The van der Waals surface area contributed by atoms with Crippen LogP contribution in [0.3, 0.4) is 0 Å². The first kappa shape index (κ1) is 20.9. The number of carbonyl (C=O) groups excluding carboxylic acids is 2. The Morgan fingerprint density at radius 2 is 1.96 bits per heavy atom. The SMILES string of the molecule is CCNC(=NCC(C)N1CCOCC1)N1CCC(C2(C)NC(=O)NC2=O)CC1. The number of likely N-dealkylation sites (tertiary alicyclic amines) is 1. The van der Waals surface area contributed by atoms with Gasteiger partial charge in [0.05, 0.1) is 19.8 Å². The molecule has 3 rings (SSSR count). The van der Waals surface area contributed by atoms with Gasteiger partial charge in [-0.25, -0.2) is 4.79 Å². The van der Waals surface area contributed by atoms with E-state index < -0.39 is 5.54 Å². The number of hydrogen-bond donors (Lipinski definition) is 3. The molecular weight excluding hydrogens is 360 g/mol. The average Bonchev–Trinajstić information content (AvgIpc) is 2.98. The number of nitrogens with zero attached hydrogens (tertiary/aromatic N) is 3. The first-order chi connectivity index (χ1) is 13.4. The Morgan fingerprint density at radius 1 is 1.29 bits per heavy atom. The van der Waals surface area contributed by atoms with Crippen LogP contribution in [0.15, 0.2) is 4.99 Å². The monoisotopic (exact) mass is 394 g/mol. The van der Waals surface area contributed by atoms with Crippen LogP contribution in [-0.2, 0) is 9.53 Å². The van der Waals surface area contributed by atoms with Crippen molar-refractivity contribution in [2.24, 2.45) is 10.9 Å². The Labute approximate surface area is 167 Å². The lowest BCUT2D eigenvalue weighted by Gasteiger charge is -2.40. The van der Waals surface area contributed by atoms with Gasteiger partial charge in [-0.1, -0.05) is 0 Å². The Bertz CT molecular complexity index is 598. The normalized spacial score (nSPS) is 28.8. The fraction of sp³-hybridized carbons (Fsp3) is 0.842. The van der Waals surface area contributed by atoms with Crippen LogP contribution in [0.2, 0.25) is 0 Å². The molecule has 3 amide bonds. The summed E-state index contributed by atoms with van der Waals surface area (Å²) in [5.41, 5.74) is -0.802. The molecule has 0 radical (unpaired) electrons. The Kier molecular flexibility index (Phi) is 6.77. The van der Waals surface area contributed by atoms with Gasteiger partial charge in [0.2, 0.25) is 0 Å². The van der Waals surface area contributed by atoms with Crippen molar-refractivity contribution >= 4 is 17.9 Å². The predicted molar refractivity (Wildman–Crippen MR) is 107 cm³/mol. The number of guanidine groups is 1. The molecule has 0 aromatic rings. The van der Waals surface area contributed by atoms with E-state index in [1.807, 2.05) is 6.92 Å². The zero-order valence-electron chi connectivity index (χ0n) is 17.3. The summed E-state index contributed by atoms with van der Waals surface area (Å²) >= 11 is 0. The smallest absolute Gasteiger partial charge is 0.322 e. The highest BCUT2D eigenvalue weighted by Gasteiger charge is 2.48. The van der Waals surface area contributed by atoms with E-state index in [4.69, 9.17) is 9.73 Å². The minimum atomic E-state index is -0.802. The van der Waals surface area contributed by atoms with E-state index >= 15 is 0 Å². The lowest BCUT2D eigenvalue weighted by atomic mass is 9.79. The molecule has 3 aliphatic rings. The van der Waals surface area contributed by atoms with Crippen molar-refractivity contribution in [2.45, 2.75) is 45.2 Å². The zero-order valence-corrected chi connectivity index (χ0v) is 17.3. The molecule has 9 nitrogen and oxygen atoms in total. The average molecular weight is 395 g/mol. The summed E-state index contributed by atoms with van der Waals surface area (Å²) in [6, 6.07) is -0.00617. The molecule has 0 aromatic carbocycles. The Hall–Kier alpha value is -1.87. The fourth-order valence-electron chi connectivity index (χ4n) is 4.29. The molecule has 158 valence electrons. The van der Waals surface area contributed by atoms with Crippen LogP contribution in [0, 0.1) is 5.92 Å². The lowest BCUT2D eigenvalue weighted by Crippen LogP contribution is -2.55. The summed E-state index contributed by atoms with van der Waals surface area (Å²) in [6.07, 6.45) is 1.68. The maximum Gasteiger partial charge on any atom is 0.322 e. The number of piperidine rings is 1. The molecule has 3 heterocycles. The first-order valence-electron chi connectivity index (χ1n) is 10.4. The number of urea groups is 1. The van der Waals surface area contributed by atoms with Crippen molar-refractivity contribution in [2.75, 3.05) is 52.5 Å². The van der Waals surface area contributed by atoms with Crippen molar-refractivity contribution in [1.82, 2.24) is 25.8 Å². The number of aliphatic imine (C=N–C) groups is 1. The zero-order chi connectivity index (χ0) is 20.1. The number of amides is 3. The third-order valence-corrected chi connectivity index (χ3v) is 6.19. The number of carbonyl (C=O) groups is 2. The first-order valence-corrected chi connectivity index (χ1v) is 10.4. The molecule has 9 heteroatoms. The van der Waals surface area contributed by atoms with Gasteiger partial charge in [0.15, 0.2) is 5.96 Å². The van der Waals surface area contributed by atoms with Gasteiger partial charge < -0.3 is 20.3 Å². The lowest BCUT2D eigenvalue weighted by molar-refractivity contribution is -0.125. The van der Waals surface area contributed by atoms with Crippen molar-refractivity contribution in [3.63, 3.8) is 0 Å². The van der Waals surface area contributed by atoms with Crippen LogP contribution in [0.4, 0.5) is 4.79 Å². The van der Waals surface area contributed by atoms with E-state index in [9.17, 15) is 9.59 Å². The van der Waals surface area contributed by atoms with Crippen molar-refractivity contribution < 1.29 is 14.3 Å². The molecule has 0 bridgehead atoms. The summed E-state index contributed by atoms with van der Waals surface area (Å²) in [6.45, 7) is 12.9. The van der Waals surface area contributed by atoms with Crippen molar-refractivity contribution in [3.8, 4) is 0 Å². The van der Waals surface area contributed by atoms with Crippen LogP contribution < -0.4 is 16.0 Å². The third kappa shape index (κ3) is 4.57. The summed E-state index contributed by atoms with van der Waals surface area (Å²) in [5.74, 6) is 0.854. The fourth-order valence-corrected chi connectivity index (χ4v) is 4.29. The summed E-state index contributed by atoms with van der Waals surface area (Å²) in [5, 5.41) is 8.59. The molecule has 0 spiro atoms. The minimum Gasteiger partial charge on any atom is -0.379 e. The van der Waals surface area contributed by atoms with Crippen LogP contribution >= 0.6 is 0 Å². The van der Waals surface area contributed by atoms with E-state index in [-0.39, 0.29) is 17.9 Å². The number of morpholine rings is 1. The molecule has 3 saturated heterocycles. The van der Waals surface area contributed by atoms with Crippen LogP contribution in [-0.4, -0.2) is 91.8 Å². The van der Waals surface area contributed by atoms with E-state index in [2.05, 4.69) is 39.6 Å². The second-order valence-electron chi connectivity index (χ2n) is 8.06. The number of rotatable bonds is 5. The molecule has 3 aliphatic heterocycles. The topological polar surface area (TPSA) is 98.3 Å². The highest BCUT2D eigenvalue weighted by atomic mass is 16.5. The van der Waals surface area contributed by atoms with Crippen LogP contribution in [0.1, 0.15) is 33.6 Å².